The van der Waals surface area contributed by atoms with Gasteiger partial charge in [0.1, 0.15) is 0 Å². The van der Waals surface area contributed by atoms with Crippen LogP contribution in [0.15, 0.2) is 30.3 Å². The Labute approximate surface area is 125 Å². The van der Waals surface area contributed by atoms with Gasteiger partial charge in [-0.2, -0.15) is 0 Å². The third-order valence-corrected chi connectivity index (χ3v) is 7.43. The van der Waals surface area contributed by atoms with Crippen LogP contribution in [0.2, 0.25) is 0 Å². The normalized spacial score (nSPS) is 23.0. The van der Waals surface area contributed by atoms with Crippen molar-refractivity contribution < 1.29 is 21.9 Å². The predicted molar refractivity (Wildman–Crippen MR) is 80.1 cm³/mol. The number of nitrogens with one attached hydrogen (secondary N) is 1. The molecule has 2 rings (SSSR count). The molecule has 0 aliphatic carbocycles. The average Bonchev–Trinajstić information content (AvgIpc) is 2.80. The molecule has 0 spiro atoms. The minimum Gasteiger partial charge on any atom is -0.395 e. The molecule has 0 aromatic heterocycles. The number of aliphatic hydroxyl groups is 1. The highest BCUT2D eigenvalue weighted by molar-refractivity contribution is 7.95. The quantitative estimate of drug-likeness (QED) is 0.744. The molecule has 1 aromatic carbocycles. The van der Waals surface area contributed by atoms with E-state index in [9.17, 15) is 21.9 Å². The van der Waals surface area contributed by atoms with Gasteiger partial charge in [0.2, 0.25) is 10.0 Å². The second-order valence-electron chi connectivity index (χ2n) is 5.26. The van der Waals surface area contributed by atoms with Crippen molar-refractivity contribution in [1.82, 2.24) is 4.72 Å². The summed E-state index contributed by atoms with van der Waals surface area (Å²) in [7, 11) is -7.01. The predicted octanol–water partition coefficient (Wildman–Crippen LogP) is -0.303. The van der Waals surface area contributed by atoms with Crippen molar-refractivity contribution in [3.05, 3.63) is 35.9 Å². The van der Waals surface area contributed by atoms with Crippen molar-refractivity contribution in [2.45, 2.75) is 24.1 Å². The van der Waals surface area contributed by atoms with E-state index in [2.05, 4.69) is 4.72 Å². The fraction of sp³-hybridized carbons (Fsp3) is 0.538. The van der Waals surface area contributed by atoms with E-state index in [1.165, 1.54) is 0 Å². The largest absolute Gasteiger partial charge is 0.395 e. The number of aliphatic hydroxyl groups excluding tert-OH is 1. The van der Waals surface area contributed by atoms with Gasteiger partial charge in [-0.25, -0.2) is 21.6 Å². The fourth-order valence-electron chi connectivity index (χ4n) is 2.38. The van der Waals surface area contributed by atoms with Gasteiger partial charge in [-0.3, -0.25) is 0 Å². The average molecular weight is 333 g/mol. The molecule has 1 aromatic rings. The number of hydrogen-bond donors (Lipinski definition) is 2. The molecule has 1 heterocycles. The molecule has 1 aliphatic heterocycles. The van der Waals surface area contributed by atoms with E-state index in [0.717, 1.165) is 5.56 Å². The summed E-state index contributed by atoms with van der Waals surface area (Å²) in [6.45, 7) is -0.340. The Bertz CT molecular complexity index is 670. The summed E-state index contributed by atoms with van der Waals surface area (Å²) in [5.74, 6) is -0.438. The molecule has 2 unspecified atom stereocenters. The lowest BCUT2D eigenvalue weighted by molar-refractivity contribution is 0.256. The lowest BCUT2D eigenvalue weighted by Gasteiger charge is -2.19. The number of sulfone groups is 1. The third kappa shape index (κ3) is 4.50. The number of benzene rings is 1. The zero-order valence-corrected chi connectivity index (χ0v) is 13.1. The van der Waals surface area contributed by atoms with Crippen LogP contribution in [-0.4, -0.2) is 51.3 Å². The molecule has 1 aliphatic rings. The third-order valence-electron chi connectivity index (χ3n) is 3.51. The van der Waals surface area contributed by atoms with Gasteiger partial charge in [0.15, 0.2) is 9.84 Å². The first-order chi connectivity index (χ1) is 9.82. The summed E-state index contributed by atoms with van der Waals surface area (Å²) in [6.07, 6.45) is 0.469. The summed E-state index contributed by atoms with van der Waals surface area (Å²) in [5.41, 5.74) is 0.901. The lowest BCUT2D eigenvalue weighted by atomic mass is 10.1. The van der Waals surface area contributed by atoms with Crippen LogP contribution in [0.1, 0.15) is 12.0 Å². The smallest absolute Gasteiger partial charge is 0.215 e. The highest BCUT2D eigenvalue weighted by Gasteiger charge is 2.37. The Balaban J connectivity index is 2.04. The molecule has 8 heteroatoms. The maximum absolute atomic E-state index is 12.2. The van der Waals surface area contributed by atoms with E-state index < -0.39 is 31.2 Å². The van der Waals surface area contributed by atoms with E-state index in [4.69, 9.17) is 0 Å². The standard InChI is InChI=1S/C13H19NO5S2/c15-9-12(8-11-4-2-1-3-5-11)14-21(18,19)13-6-7-20(16,17)10-13/h1-5,12-15H,6-10H2. The van der Waals surface area contributed by atoms with Crippen LogP contribution >= 0.6 is 0 Å². The molecule has 0 bridgehead atoms. The highest BCUT2D eigenvalue weighted by Crippen LogP contribution is 2.18. The Morgan fingerprint density at radius 2 is 1.95 bits per heavy atom. The Morgan fingerprint density at radius 3 is 2.48 bits per heavy atom. The summed E-state index contributed by atoms with van der Waals surface area (Å²) in [6, 6.07) is 8.56. The summed E-state index contributed by atoms with van der Waals surface area (Å²) in [5, 5.41) is 8.43. The van der Waals surface area contributed by atoms with Crippen LogP contribution in [0.3, 0.4) is 0 Å². The topological polar surface area (TPSA) is 101 Å². The lowest BCUT2D eigenvalue weighted by Crippen LogP contribution is -2.44. The second kappa shape index (κ2) is 6.43. The molecule has 1 saturated heterocycles. The van der Waals surface area contributed by atoms with Gasteiger partial charge < -0.3 is 5.11 Å². The number of hydrogen-bond acceptors (Lipinski definition) is 5. The van der Waals surface area contributed by atoms with Crippen LogP contribution in [0.5, 0.6) is 0 Å². The van der Waals surface area contributed by atoms with Gasteiger partial charge in [0, 0.05) is 6.04 Å². The van der Waals surface area contributed by atoms with Crippen molar-refractivity contribution in [3.8, 4) is 0 Å². The second-order valence-corrected chi connectivity index (χ2v) is 9.48. The first kappa shape index (κ1) is 16.4. The van der Waals surface area contributed by atoms with Gasteiger partial charge in [-0.1, -0.05) is 30.3 Å². The Hall–Kier alpha value is -0.960. The van der Waals surface area contributed by atoms with Crippen molar-refractivity contribution >= 4 is 19.9 Å². The van der Waals surface area contributed by atoms with E-state index in [-0.39, 0.29) is 24.5 Å². The van der Waals surface area contributed by atoms with E-state index >= 15 is 0 Å². The van der Waals surface area contributed by atoms with E-state index in [0.29, 0.717) is 6.42 Å². The zero-order valence-electron chi connectivity index (χ0n) is 11.5. The SMILES string of the molecule is O=S1(=O)CCC(S(=O)(=O)NC(CO)Cc2ccccc2)C1. The molecular formula is C13H19NO5S2. The summed E-state index contributed by atoms with van der Waals surface area (Å²) < 4.78 is 49.6. The maximum atomic E-state index is 12.2. The van der Waals surface area contributed by atoms with Crippen molar-refractivity contribution in [3.63, 3.8) is 0 Å². The molecule has 0 radical (unpaired) electrons. The molecule has 0 amide bonds. The summed E-state index contributed by atoms with van der Waals surface area (Å²) >= 11 is 0. The minimum atomic E-state index is -3.75. The van der Waals surface area contributed by atoms with E-state index in [1.807, 2.05) is 30.3 Å². The molecule has 2 atom stereocenters. The first-order valence-corrected chi connectivity index (χ1v) is 10.1. The first-order valence-electron chi connectivity index (χ1n) is 6.69. The molecule has 21 heavy (non-hydrogen) atoms. The van der Waals surface area contributed by atoms with Crippen LogP contribution in [-0.2, 0) is 26.3 Å². The van der Waals surface area contributed by atoms with Crippen LogP contribution in [0, 0.1) is 0 Å². The van der Waals surface area contributed by atoms with Gasteiger partial charge in [0.25, 0.3) is 0 Å². The van der Waals surface area contributed by atoms with Gasteiger partial charge in [-0.15, -0.1) is 0 Å². The van der Waals surface area contributed by atoms with Crippen LogP contribution in [0.4, 0.5) is 0 Å². The molecule has 0 saturated carbocycles. The van der Waals surface area contributed by atoms with Crippen LogP contribution in [0.25, 0.3) is 0 Å². The molecule has 118 valence electrons. The van der Waals surface area contributed by atoms with Gasteiger partial charge in [0.05, 0.1) is 23.4 Å². The van der Waals surface area contributed by atoms with Crippen molar-refractivity contribution in [1.29, 1.82) is 0 Å². The number of sulfonamides is 1. The van der Waals surface area contributed by atoms with Crippen LogP contribution < -0.4 is 4.72 Å². The summed E-state index contributed by atoms with van der Waals surface area (Å²) in [4.78, 5) is 0. The van der Waals surface area contributed by atoms with Crippen molar-refractivity contribution in [2.24, 2.45) is 0 Å². The Morgan fingerprint density at radius 1 is 1.29 bits per heavy atom. The highest BCUT2D eigenvalue weighted by atomic mass is 32.2. The van der Waals surface area contributed by atoms with E-state index in [1.54, 1.807) is 0 Å². The fourth-order valence-corrected chi connectivity index (χ4v) is 6.65. The van der Waals surface area contributed by atoms with Gasteiger partial charge >= 0.3 is 0 Å². The molecule has 1 fully saturated rings. The Kier molecular flexibility index (Phi) is 5.03. The minimum absolute atomic E-state index is 0.0962. The monoisotopic (exact) mass is 333 g/mol. The maximum Gasteiger partial charge on any atom is 0.215 e. The van der Waals surface area contributed by atoms with Crippen molar-refractivity contribution in [2.75, 3.05) is 18.1 Å². The molecule has 6 nitrogen and oxygen atoms in total. The molecular weight excluding hydrogens is 314 g/mol. The zero-order chi connectivity index (χ0) is 15.5. The number of rotatable bonds is 6. The molecule has 2 N–H and O–H groups in total. The van der Waals surface area contributed by atoms with Gasteiger partial charge in [-0.05, 0) is 18.4 Å².